The van der Waals surface area contributed by atoms with Gasteiger partial charge >= 0.3 is 0 Å². The summed E-state index contributed by atoms with van der Waals surface area (Å²) in [5.74, 6) is 12.7. The lowest BCUT2D eigenvalue weighted by molar-refractivity contribution is 1.51. The molecule has 0 saturated carbocycles. The van der Waals surface area contributed by atoms with Crippen LogP contribution in [-0.4, -0.2) is 0 Å². The fourth-order valence-electron chi connectivity index (χ4n) is 2.06. The van der Waals surface area contributed by atoms with E-state index in [-0.39, 0.29) is 0 Å². The summed E-state index contributed by atoms with van der Waals surface area (Å²) in [6, 6.07) is 23.9. The number of hydrogen-bond donors (Lipinski definition) is 0. The van der Waals surface area contributed by atoms with Crippen LogP contribution in [0.15, 0.2) is 81.7 Å². The summed E-state index contributed by atoms with van der Waals surface area (Å²) < 4.78 is 1.87. The van der Waals surface area contributed by atoms with Gasteiger partial charge < -0.3 is 0 Å². The van der Waals surface area contributed by atoms with Crippen LogP contribution in [0.5, 0.6) is 0 Å². The number of benzene rings is 3. The molecule has 0 heterocycles. The van der Waals surface area contributed by atoms with Crippen LogP contribution in [0.3, 0.4) is 0 Å². The lowest BCUT2D eigenvalue weighted by Gasteiger charge is -2.01. The van der Waals surface area contributed by atoms with Gasteiger partial charge in [-0.05, 0) is 68.3 Å². The number of rotatable bonds is 0. The summed E-state index contributed by atoms with van der Waals surface area (Å²) in [6.45, 7) is 0. The molecule has 3 aromatic rings. The Balaban J connectivity index is 1.90. The zero-order valence-electron chi connectivity index (χ0n) is 12.7. The zero-order chi connectivity index (χ0) is 16.8. The van der Waals surface area contributed by atoms with Gasteiger partial charge in [-0.3, -0.25) is 0 Å². The van der Waals surface area contributed by atoms with Crippen LogP contribution in [0.25, 0.3) is 0 Å². The van der Waals surface area contributed by atoms with E-state index in [1.165, 1.54) is 0 Å². The summed E-state index contributed by atoms with van der Waals surface area (Å²) in [4.78, 5) is 0. The van der Waals surface area contributed by atoms with Crippen molar-refractivity contribution in [2.75, 3.05) is 0 Å². The molecule has 3 aromatic carbocycles. The molecule has 0 amide bonds. The Labute approximate surface area is 159 Å². The summed E-state index contributed by atoms with van der Waals surface area (Å²) in [6.07, 6.45) is 0. The predicted molar refractivity (Wildman–Crippen MR) is 107 cm³/mol. The van der Waals surface area contributed by atoms with Crippen molar-refractivity contribution in [1.82, 2.24) is 0 Å². The van der Waals surface area contributed by atoms with Gasteiger partial charge in [-0.2, -0.15) is 0 Å². The molecule has 0 saturated heterocycles. The summed E-state index contributed by atoms with van der Waals surface area (Å²) in [5.41, 5.74) is 3.84. The van der Waals surface area contributed by atoms with E-state index in [0.717, 1.165) is 31.2 Å². The molecule has 3 rings (SSSR count). The van der Waals surface area contributed by atoms with Crippen molar-refractivity contribution in [1.29, 1.82) is 0 Å². The van der Waals surface area contributed by atoms with Crippen LogP contribution in [0, 0.1) is 23.7 Å². The Morgan fingerprint density at radius 2 is 0.875 bits per heavy atom. The lowest BCUT2D eigenvalue weighted by atomic mass is 10.1. The summed E-state index contributed by atoms with van der Waals surface area (Å²) >= 11 is 7.18. The maximum absolute atomic E-state index is 3.59. The van der Waals surface area contributed by atoms with Crippen molar-refractivity contribution in [2.24, 2.45) is 0 Å². The normalized spacial score (nSPS) is 9.42. The van der Waals surface area contributed by atoms with Gasteiger partial charge in [-0.15, -0.1) is 0 Å². The van der Waals surface area contributed by atoms with Gasteiger partial charge in [0.15, 0.2) is 0 Å². The second-order valence-electron chi connectivity index (χ2n) is 5.04. The Bertz CT molecular complexity index is 883. The van der Waals surface area contributed by atoms with Gasteiger partial charge in [0.25, 0.3) is 0 Å². The van der Waals surface area contributed by atoms with Crippen LogP contribution in [0.2, 0.25) is 0 Å². The number of hydrogen-bond acceptors (Lipinski definition) is 0. The molecule has 24 heavy (non-hydrogen) atoms. The SMILES string of the molecule is Brc1cc(C#Cc2ccccc2)c(Br)cc1C#Cc1ccccc1. The molecule has 0 bridgehead atoms. The molecule has 0 N–H and O–H groups in total. The highest BCUT2D eigenvalue weighted by Crippen LogP contribution is 2.25. The first-order chi connectivity index (χ1) is 11.7. The Morgan fingerprint density at radius 3 is 1.25 bits per heavy atom. The Hall–Kier alpha value is -2.26. The molecule has 0 fully saturated rings. The lowest BCUT2D eigenvalue weighted by Crippen LogP contribution is -1.85. The van der Waals surface area contributed by atoms with Gasteiger partial charge in [0, 0.05) is 31.2 Å². The standard InChI is InChI=1S/C22H12Br2/c23-21-16-20(14-12-18-9-5-2-6-10-18)22(24)15-19(21)13-11-17-7-3-1-4-8-17/h1-10,15-16H. The molecule has 0 aliphatic rings. The highest BCUT2D eigenvalue weighted by atomic mass is 79.9. The minimum Gasteiger partial charge on any atom is -0.0622 e. The third kappa shape index (κ3) is 4.39. The molecule has 0 unspecified atom stereocenters. The third-order valence-electron chi connectivity index (χ3n) is 3.29. The molecule has 0 aromatic heterocycles. The molecular weight excluding hydrogens is 424 g/mol. The van der Waals surface area contributed by atoms with Crippen LogP contribution < -0.4 is 0 Å². The van der Waals surface area contributed by atoms with Crippen molar-refractivity contribution in [3.05, 3.63) is 104 Å². The van der Waals surface area contributed by atoms with E-state index < -0.39 is 0 Å². The van der Waals surface area contributed by atoms with Crippen LogP contribution in [0.1, 0.15) is 22.3 Å². The van der Waals surface area contributed by atoms with Crippen molar-refractivity contribution in [3.63, 3.8) is 0 Å². The topological polar surface area (TPSA) is 0 Å². The molecule has 2 heteroatoms. The highest BCUT2D eigenvalue weighted by molar-refractivity contribution is 9.11. The Morgan fingerprint density at radius 1 is 0.500 bits per heavy atom. The molecule has 0 aliphatic carbocycles. The molecule has 0 spiro atoms. The highest BCUT2D eigenvalue weighted by Gasteiger charge is 2.03. The minimum atomic E-state index is 0.927. The second-order valence-corrected chi connectivity index (χ2v) is 6.75. The van der Waals surface area contributed by atoms with E-state index in [0.29, 0.717) is 0 Å². The summed E-state index contributed by atoms with van der Waals surface area (Å²) in [7, 11) is 0. The smallest absolute Gasteiger partial charge is 0.0403 e. The maximum atomic E-state index is 3.59. The third-order valence-corrected chi connectivity index (χ3v) is 4.60. The predicted octanol–water partition coefficient (Wildman–Crippen LogP) is 6.01. The first-order valence-electron chi connectivity index (χ1n) is 7.35. The van der Waals surface area contributed by atoms with Gasteiger partial charge in [0.1, 0.15) is 0 Å². The molecule has 114 valence electrons. The van der Waals surface area contributed by atoms with Crippen molar-refractivity contribution >= 4 is 31.9 Å². The fraction of sp³-hybridized carbons (Fsp3) is 0. The largest absolute Gasteiger partial charge is 0.0622 e. The molecule has 0 nitrogen and oxygen atoms in total. The fourth-order valence-corrected chi connectivity index (χ4v) is 2.95. The van der Waals surface area contributed by atoms with E-state index in [9.17, 15) is 0 Å². The second kappa shape index (κ2) is 8.02. The molecule has 0 aliphatic heterocycles. The molecule has 0 radical (unpaired) electrons. The quantitative estimate of drug-likeness (QED) is 0.379. The first kappa shape index (κ1) is 16.6. The van der Waals surface area contributed by atoms with Crippen LogP contribution in [-0.2, 0) is 0 Å². The van der Waals surface area contributed by atoms with Crippen LogP contribution >= 0.6 is 31.9 Å². The van der Waals surface area contributed by atoms with Gasteiger partial charge in [-0.25, -0.2) is 0 Å². The van der Waals surface area contributed by atoms with E-state index in [4.69, 9.17) is 0 Å². The van der Waals surface area contributed by atoms with Crippen molar-refractivity contribution in [2.45, 2.75) is 0 Å². The molecular formula is C22H12Br2. The average molecular weight is 436 g/mol. The van der Waals surface area contributed by atoms with Crippen molar-refractivity contribution in [3.8, 4) is 23.7 Å². The zero-order valence-corrected chi connectivity index (χ0v) is 15.9. The van der Waals surface area contributed by atoms with E-state index >= 15 is 0 Å². The van der Waals surface area contributed by atoms with E-state index in [1.54, 1.807) is 0 Å². The minimum absolute atomic E-state index is 0.927. The van der Waals surface area contributed by atoms with Crippen molar-refractivity contribution < 1.29 is 0 Å². The van der Waals surface area contributed by atoms with E-state index in [2.05, 4.69) is 55.5 Å². The first-order valence-corrected chi connectivity index (χ1v) is 8.94. The maximum Gasteiger partial charge on any atom is 0.0403 e. The average Bonchev–Trinajstić information content (AvgIpc) is 2.62. The number of halogens is 2. The van der Waals surface area contributed by atoms with Gasteiger partial charge in [-0.1, -0.05) is 60.1 Å². The Kier molecular flexibility index (Phi) is 5.55. The van der Waals surface area contributed by atoms with Crippen LogP contribution in [0.4, 0.5) is 0 Å². The summed E-state index contributed by atoms with van der Waals surface area (Å²) in [5, 5.41) is 0. The van der Waals surface area contributed by atoms with Gasteiger partial charge in [0.2, 0.25) is 0 Å². The van der Waals surface area contributed by atoms with Gasteiger partial charge in [0.05, 0.1) is 0 Å². The monoisotopic (exact) mass is 434 g/mol. The van der Waals surface area contributed by atoms with E-state index in [1.807, 2.05) is 72.8 Å². The molecule has 0 atom stereocenters.